The first-order chi connectivity index (χ1) is 8.11. The molecule has 3 atom stereocenters. The van der Waals surface area contributed by atoms with Gasteiger partial charge >= 0.3 is 5.97 Å². The van der Waals surface area contributed by atoms with Crippen molar-refractivity contribution in [1.29, 1.82) is 0 Å². The first kappa shape index (κ1) is 14.5. The summed E-state index contributed by atoms with van der Waals surface area (Å²) in [5, 5.41) is 0. The maximum Gasteiger partial charge on any atom is 0.311 e. The predicted octanol–water partition coefficient (Wildman–Crippen LogP) is 4.18. The lowest BCUT2D eigenvalue weighted by molar-refractivity contribution is -0.158. The normalized spacial score (nSPS) is 33.4. The van der Waals surface area contributed by atoms with Crippen molar-refractivity contribution in [1.82, 2.24) is 0 Å². The molecule has 2 heteroatoms. The highest BCUT2D eigenvalue weighted by atomic mass is 16.5. The van der Waals surface area contributed by atoms with Gasteiger partial charge in [-0.2, -0.15) is 0 Å². The number of rotatable bonds is 5. The van der Waals surface area contributed by atoms with E-state index < -0.39 is 0 Å². The molecule has 0 aromatic rings. The van der Waals surface area contributed by atoms with Crippen LogP contribution in [0.15, 0.2) is 0 Å². The average Bonchev–Trinajstić information content (AvgIpc) is 2.37. The van der Waals surface area contributed by atoms with Crippen LogP contribution >= 0.6 is 0 Å². The van der Waals surface area contributed by atoms with Gasteiger partial charge in [-0.3, -0.25) is 4.79 Å². The molecular weight excluding hydrogens is 212 g/mol. The van der Waals surface area contributed by atoms with Crippen molar-refractivity contribution in [2.75, 3.05) is 7.11 Å². The Morgan fingerprint density at radius 3 is 2.35 bits per heavy atom. The van der Waals surface area contributed by atoms with Gasteiger partial charge in [-0.15, -0.1) is 0 Å². The number of esters is 1. The van der Waals surface area contributed by atoms with Gasteiger partial charge in [-0.05, 0) is 37.5 Å². The first-order valence-electron chi connectivity index (χ1n) is 7.20. The van der Waals surface area contributed by atoms with E-state index in [-0.39, 0.29) is 11.4 Å². The smallest absolute Gasteiger partial charge is 0.311 e. The van der Waals surface area contributed by atoms with Crippen molar-refractivity contribution in [3.8, 4) is 0 Å². The molecule has 0 aliphatic heterocycles. The SMILES string of the molecule is CCCC1CC(CC)CC(CC)(C(=O)OC)C1. The average molecular weight is 240 g/mol. The van der Waals surface area contributed by atoms with Crippen LogP contribution in [-0.4, -0.2) is 13.1 Å². The molecular formula is C15H28O2. The molecule has 0 spiro atoms. The summed E-state index contributed by atoms with van der Waals surface area (Å²) in [7, 11) is 1.53. The van der Waals surface area contributed by atoms with E-state index in [2.05, 4.69) is 20.8 Å². The number of carbonyl (C=O) groups is 1. The van der Waals surface area contributed by atoms with Crippen LogP contribution in [-0.2, 0) is 9.53 Å². The van der Waals surface area contributed by atoms with Crippen LogP contribution in [0.25, 0.3) is 0 Å². The standard InChI is InChI=1S/C15H28O2/c1-5-8-13-9-12(6-2)10-15(7-3,11-13)14(16)17-4/h12-13H,5-11H2,1-4H3. The van der Waals surface area contributed by atoms with Crippen LogP contribution in [0, 0.1) is 17.3 Å². The molecule has 0 aromatic heterocycles. The molecule has 0 aromatic carbocycles. The van der Waals surface area contributed by atoms with Gasteiger partial charge in [0.05, 0.1) is 12.5 Å². The topological polar surface area (TPSA) is 26.3 Å². The van der Waals surface area contributed by atoms with Crippen molar-refractivity contribution in [3.63, 3.8) is 0 Å². The number of hydrogen-bond donors (Lipinski definition) is 0. The van der Waals surface area contributed by atoms with Gasteiger partial charge in [0.25, 0.3) is 0 Å². The van der Waals surface area contributed by atoms with Gasteiger partial charge in [0.2, 0.25) is 0 Å². The highest BCUT2D eigenvalue weighted by Crippen LogP contribution is 2.47. The van der Waals surface area contributed by atoms with Crippen LogP contribution < -0.4 is 0 Å². The maximum absolute atomic E-state index is 12.1. The zero-order valence-corrected chi connectivity index (χ0v) is 11.9. The lowest BCUT2D eigenvalue weighted by Gasteiger charge is -2.42. The highest BCUT2D eigenvalue weighted by molar-refractivity contribution is 5.76. The summed E-state index contributed by atoms with van der Waals surface area (Å²) in [4.78, 5) is 12.1. The minimum atomic E-state index is -0.187. The van der Waals surface area contributed by atoms with E-state index in [1.165, 1.54) is 32.8 Å². The fraction of sp³-hybridized carbons (Fsp3) is 0.933. The largest absolute Gasteiger partial charge is 0.469 e. The van der Waals surface area contributed by atoms with Gasteiger partial charge in [0, 0.05) is 0 Å². The lowest BCUT2D eigenvalue weighted by Crippen LogP contribution is -2.40. The third-order valence-electron chi connectivity index (χ3n) is 4.59. The van der Waals surface area contributed by atoms with Crippen LogP contribution in [0.5, 0.6) is 0 Å². The fourth-order valence-corrected chi connectivity index (χ4v) is 3.58. The molecule has 0 amide bonds. The summed E-state index contributed by atoms with van der Waals surface area (Å²) in [6, 6.07) is 0. The Hall–Kier alpha value is -0.530. The second-order valence-corrected chi connectivity index (χ2v) is 5.70. The van der Waals surface area contributed by atoms with E-state index in [9.17, 15) is 4.79 Å². The molecule has 0 N–H and O–H groups in total. The van der Waals surface area contributed by atoms with Crippen LogP contribution in [0.3, 0.4) is 0 Å². The summed E-state index contributed by atoms with van der Waals surface area (Å²) in [5.41, 5.74) is -0.187. The molecule has 1 aliphatic carbocycles. The summed E-state index contributed by atoms with van der Waals surface area (Å²) in [6.07, 6.45) is 7.99. The number of methoxy groups -OCH3 is 1. The Morgan fingerprint density at radius 2 is 1.88 bits per heavy atom. The summed E-state index contributed by atoms with van der Waals surface area (Å²) in [5.74, 6) is 1.45. The molecule has 0 heterocycles. The number of ether oxygens (including phenoxy) is 1. The summed E-state index contributed by atoms with van der Waals surface area (Å²) in [6.45, 7) is 6.62. The van der Waals surface area contributed by atoms with Crippen molar-refractivity contribution in [2.24, 2.45) is 17.3 Å². The van der Waals surface area contributed by atoms with Gasteiger partial charge in [0.1, 0.15) is 0 Å². The molecule has 0 bridgehead atoms. The number of hydrogen-bond acceptors (Lipinski definition) is 2. The predicted molar refractivity (Wildman–Crippen MR) is 70.8 cm³/mol. The molecule has 1 rings (SSSR count). The van der Waals surface area contributed by atoms with E-state index >= 15 is 0 Å². The van der Waals surface area contributed by atoms with E-state index in [0.29, 0.717) is 5.92 Å². The van der Waals surface area contributed by atoms with Crippen molar-refractivity contribution in [3.05, 3.63) is 0 Å². The third kappa shape index (κ3) is 3.23. The second-order valence-electron chi connectivity index (χ2n) is 5.70. The van der Waals surface area contributed by atoms with Gasteiger partial charge < -0.3 is 4.74 Å². The fourth-order valence-electron chi connectivity index (χ4n) is 3.58. The van der Waals surface area contributed by atoms with Gasteiger partial charge in [0.15, 0.2) is 0 Å². The molecule has 3 unspecified atom stereocenters. The minimum Gasteiger partial charge on any atom is -0.469 e. The molecule has 0 radical (unpaired) electrons. The van der Waals surface area contributed by atoms with Crippen molar-refractivity contribution < 1.29 is 9.53 Å². The summed E-state index contributed by atoms with van der Waals surface area (Å²) < 4.78 is 5.06. The molecule has 100 valence electrons. The maximum atomic E-state index is 12.1. The van der Waals surface area contributed by atoms with Crippen molar-refractivity contribution >= 4 is 5.97 Å². The monoisotopic (exact) mass is 240 g/mol. The third-order valence-corrected chi connectivity index (χ3v) is 4.59. The Kier molecular flexibility index (Phi) is 5.48. The quantitative estimate of drug-likeness (QED) is 0.674. The van der Waals surface area contributed by atoms with Crippen LogP contribution in [0.2, 0.25) is 0 Å². The Morgan fingerprint density at radius 1 is 1.24 bits per heavy atom. The van der Waals surface area contributed by atoms with E-state index in [4.69, 9.17) is 4.74 Å². The molecule has 2 nitrogen and oxygen atoms in total. The van der Waals surface area contributed by atoms with Crippen molar-refractivity contribution in [2.45, 2.75) is 65.7 Å². The molecule has 0 saturated heterocycles. The molecule has 17 heavy (non-hydrogen) atoms. The molecule has 1 saturated carbocycles. The second kappa shape index (κ2) is 6.42. The van der Waals surface area contributed by atoms with Gasteiger partial charge in [-0.1, -0.05) is 40.0 Å². The van der Waals surface area contributed by atoms with E-state index in [1.807, 2.05) is 0 Å². The first-order valence-corrected chi connectivity index (χ1v) is 7.20. The van der Waals surface area contributed by atoms with E-state index in [0.717, 1.165) is 25.2 Å². The zero-order chi connectivity index (χ0) is 12.9. The summed E-state index contributed by atoms with van der Waals surface area (Å²) >= 11 is 0. The van der Waals surface area contributed by atoms with Crippen LogP contribution in [0.4, 0.5) is 0 Å². The van der Waals surface area contributed by atoms with Crippen LogP contribution in [0.1, 0.15) is 65.7 Å². The molecule has 1 aliphatic rings. The Balaban J connectivity index is 2.84. The number of carbonyl (C=O) groups excluding carboxylic acids is 1. The zero-order valence-electron chi connectivity index (χ0n) is 11.9. The molecule has 1 fully saturated rings. The lowest BCUT2D eigenvalue weighted by atomic mass is 9.63. The van der Waals surface area contributed by atoms with E-state index in [1.54, 1.807) is 0 Å². The van der Waals surface area contributed by atoms with Gasteiger partial charge in [-0.25, -0.2) is 0 Å². The highest BCUT2D eigenvalue weighted by Gasteiger charge is 2.44. The Bertz CT molecular complexity index is 249. The minimum absolute atomic E-state index is 0.0271. The Labute approximate surface area is 106 Å².